The molecular weight excluding hydrogens is 216 g/mol. The fourth-order valence-electron chi connectivity index (χ4n) is 1.16. The number of benzene rings is 1. The molecule has 0 aliphatic carbocycles. The molecule has 88 valence electrons. The van der Waals surface area contributed by atoms with Crippen molar-refractivity contribution < 1.29 is 0 Å². The van der Waals surface area contributed by atoms with Crippen LogP contribution in [0.5, 0.6) is 0 Å². The fraction of sp³-hybridized carbons (Fsp3) is 0. The summed E-state index contributed by atoms with van der Waals surface area (Å²) in [6.07, 6.45) is 1.81. The number of para-hydroxylation sites is 1. The Bertz CT molecular complexity index is 445. The van der Waals surface area contributed by atoms with Crippen molar-refractivity contribution in [2.45, 2.75) is 0 Å². The molecule has 0 fully saturated rings. The highest BCUT2D eigenvalue weighted by Gasteiger charge is 1.86. The topological polar surface area (TPSA) is 125 Å². The molecule has 0 spiro atoms. The van der Waals surface area contributed by atoms with Crippen molar-refractivity contribution in [2.24, 2.45) is 11.5 Å². The zero-order valence-electron chi connectivity index (χ0n) is 9.14. The second-order valence-corrected chi connectivity index (χ2v) is 3.15. The Morgan fingerprint density at radius 3 is 2.12 bits per heavy atom. The number of hydrogen-bond donors (Lipinski definition) is 5. The van der Waals surface area contributed by atoms with Gasteiger partial charge < -0.3 is 11.5 Å². The smallest absolute Gasteiger partial charge is 0.192 e. The molecule has 0 bridgehead atoms. The highest BCUT2D eigenvalue weighted by atomic mass is 15.1. The first-order chi connectivity index (χ1) is 8.09. The van der Waals surface area contributed by atoms with Gasteiger partial charge in [0.25, 0.3) is 0 Å². The van der Waals surface area contributed by atoms with E-state index in [0.29, 0.717) is 0 Å². The number of rotatable bonds is 0. The van der Waals surface area contributed by atoms with Crippen LogP contribution >= 0.6 is 0 Å². The van der Waals surface area contributed by atoms with Gasteiger partial charge in [-0.15, -0.1) is 0 Å². The number of aromatic nitrogens is 1. The molecule has 0 saturated heterocycles. The quantitative estimate of drug-likeness (QED) is 0.335. The molecule has 17 heavy (non-hydrogen) atoms. The standard InChI is InChI=1S/C9H7N.C2H7N5/c1-2-6-9-8(4-1)5-3-7-10-9;3-1(4)7-2(5)6/h1-7H;(H7,3,4,5,6,7). The van der Waals surface area contributed by atoms with Gasteiger partial charge >= 0.3 is 0 Å². The maximum atomic E-state index is 6.47. The van der Waals surface area contributed by atoms with Gasteiger partial charge in [-0.3, -0.25) is 21.1 Å². The van der Waals surface area contributed by atoms with Gasteiger partial charge in [0.15, 0.2) is 11.9 Å². The van der Waals surface area contributed by atoms with Crippen LogP contribution < -0.4 is 16.8 Å². The zero-order chi connectivity index (χ0) is 12.7. The maximum Gasteiger partial charge on any atom is 0.192 e. The average molecular weight is 230 g/mol. The monoisotopic (exact) mass is 230 g/mol. The van der Waals surface area contributed by atoms with Gasteiger partial charge in [-0.25, -0.2) is 0 Å². The predicted octanol–water partition coefficient (Wildman–Crippen LogP) is 0.598. The van der Waals surface area contributed by atoms with E-state index in [-0.39, 0.29) is 11.9 Å². The lowest BCUT2D eigenvalue weighted by Gasteiger charge is -1.95. The lowest BCUT2D eigenvalue weighted by Crippen LogP contribution is -2.39. The summed E-state index contributed by atoms with van der Waals surface area (Å²) in [7, 11) is 0. The molecule has 0 amide bonds. The van der Waals surface area contributed by atoms with E-state index >= 15 is 0 Å². The van der Waals surface area contributed by atoms with Crippen LogP contribution in [0.1, 0.15) is 0 Å². The van der Waals surface area contributed by atoms with E-state index in [1.165, 1.54) is 5.39 Å². The van der Waals surface area contributed by atoms with Crippen LogP contribution in [-0.4, -0.2) is 16.9 Å². The highest BCUT2D eigenvalue weighted by Crippen LogP contribution is 2.07. The molecule has 0 radical (unpaired) electrons. The van der Waals surface area contributed by atoms with Gasteiger partial charge in [-0.05, 0) is 12.1 Å². The number of fused-ring (bicyclic) bond motifs is 1. The second-order valence-electron chi connectivity index (χ2n) is 3.15. The number of nitrogens with two attached hydrogens (primary N) is 2. The van der Waals surface area contributed by atoms with Crippen LogP contribution in [0.25, 0.3) is 10.9 Å². The molecule has 2 rings (SSSR count). The van der Waals surface area contributed by atoms with Crippen molar-refractivity contribution in [1.29, 1.82) is 10.8 Å². The fourth-order valence-corrected chi connectivity index (χ4v) is 1.16. The minimum absolute atomic E-state index is 0.312. The average Bonchev–Trinajstić information content (AvgIpc) is 2.28. The first kappa shape index (κ1) is 12.4. The van der Waals surface area contributed by atoms with E-state index in [2.05, 4.69) is 17.1 Å². The summed E-state index contributed by atoms with van der Waals surface area (Å²) in [6, 6.07) is 12.1. The van der Waals surface area contributed by atoms with E-state index in [1.54, 1.807) is 0 Å². The maximum absolute atomic E-state index is 6.47. The number of nitrogens with one attached hydrogen (secondary N) is 3. The molecule has 1 aromatic heterocycles. The molecule has 6 nitrogen and oxygen atoms in total. The van der Waals surface area contributed by atoms with Crippen molar-refractivity contribution in [2.75, 3.05) is 0 Å². The van der Waals surface area contributed by atoms with Crippen molar-refractivity contribution in [3.63, 3.8) is 0 Å². The molecule has 7 N–H and O–H groups in total. The minimum Gasteiger partial charge on any atom is -0.370 e. The summed E-state index contributed by atoms with van der Waals surface area (Å²) < 4.78 is 0. The molecule has 0 aliphatic rings. The molecule has 0 atom stereocenters. The Hall–Kier alpha value is -2.63. The molecule has 1 aromatic carbocycles. The first-order valence-electron chi connectivity index (χ1n) is 4.84. The SMILES string of the molecule is N=C(N)NC(=N)N.c1ccc2ncccc2c1. The number of guanidine groups is 2. The van der Waals surface area contributed by atoms with Crippen LogP contribution in [0.2, 0.25) is 0 Å². The number of hydrogen-bond acceptors (Lipinski definition) is 3. The van der Waals surface area contributed by atoms with Gasteiger partial charge in [-0.1, -0.05) is 24.3 Å². The Kier molecular flexibility index (Phi) is 4.44. The van der Waals surface area contributed by atoms with E-state index < -0.39 is 0 Å². The normalized spacial score (nSPS) is 8.94. The zero-order valence-corrected chi connectivity index (χ0v) is 9.14. The molecule has 2 aromatic rings. The summed E-state index contributed by atoms with van der Waals surface area (Å²) >= 11 is 0. The van der Waals surface area contributed by atoms with Gasteiger partial charge in [0.1, 0.15) is 0 Å². The van der Waals surface area contributed by atoms with E-state index in [0.717, 1.165) is 5.52 Å². The third kappa shape index (κ3) is 4.61. The third-order valence-corrected chi connectivity index (χ3v) is 1.78. The molecular formula is C11H14N6. The van der Waals surface area contributed by atoms with Crippen molar-refractivity contribution in [3.05, 3.63) is 42.6 Å². The number of nitrogens with zero attached hydrogens (tertiary/aromatic N) is 1. The highest BCUT2D eigenvalue weighted by molar-refractivity contribution is 5.93. The second kappa shape index (κ2) is 6.06. The summed E-state index contributed by atoms with van der Waals surface area (Å²) in [4.78, 5) is 4.18. The minimum atomic E-state index is -0.312. The molecule has 6 heteroatoms. The van der Waals surface area contributed by atoms with Crippen LogP contribution in [-0.2, 0) is 0 Å². The van der Waals surface area contributed by atoms with Gasteiger partial charge in [-0.2, -0.15) is 0 Å². The van der Waals surface area contributed by atoms with Crippen molar-refractivity contribution in [1.82, 2.24) is 10.3 Å². The summed E-state index contributed by atoms with van der Waals surface area (Å²) in [5, 5.41) is 16.2. The lowest BCUT2D eigenvalue weighted by molar-refractivity contribution is 1.19. The molecule has 0 aliphatic heterocycles. The lowest BCUT2D eigenvalue weighted by atomic mass is 10.2. The van der Waals surface area contributed by atoms with Crippen LogP contribution in [0.3, 0.4) is 0 Å². The van der Waals surface area contributed by atoms with Crippen molar-refractivity contribution >= 4 is 22.8 Å². The Labute approximate surface area is 98.7 Å². The molecule has 1 heterocycles. The number of pyridine rings is 1. The largest absolute Gasteiger partial charge is 0.370 e. The van der Waals surface area contributed by atoms with Crippen molar-refractivity contribution in [3.8, 4) is 0 Å². The van der Waals surface area contributed by atoms with E-state index in [1.807, 2.05) is 35.8 Å². The van der Waals surface area contributed by atoms with E-state index in [9.17, 15) is 0 Å². The Morgan fingerprint density at radius 2 is 1.59 bits per heavy atom. The summed E-state index contributed by atoms with van der Waals surface area (Å²) in [5.74, 6) is -0.625. The van der Waals surface area contributed by atoms with Gasteiger partial charge in [0.05, 0.1) is 5.52 Å². The summed E-state index contributed by atoms with van der Waals surface area (Å²) in [5.41, 5.74) is 10.5. The summed E-state index contributed by atoms with van der Waals surface area (Å²) in [6.45, 7) is 0. The third-order valence-electron chi connectivity index (χ3n) is 1.78. The Balaban J connectivity index is 0.000000185. The van der Waals surface area contributed by atoms with E-state index in [4.69, 9.17) is 22.3 Å². The van der Waals surface area contributed by atoms with Gasteiger partial charge in [0.2, 0.25) is 0 Å². The van der Waals surface area contributed by atoms with Crippen LogP contribution in [0.15, 0.2) is 42.6 Å². The van der Waals surface area contributed by atoms with Crippen LogP contribution in [0.4, 0.5) is 0 Å². The molecule has 0 unspecified atom stereocenters. The molecule has 0 saturated carbocycles. The van der Waals surface area contributed by atoms with Gasteiger partial charge in [0, 0.05) is 11.6 Å². The Morgan fingerprint density at radius 1 is 1.00 bits per heavy atom. The van der Waals surface area contributed by atoms with Crippen LogP contribution in [0, 0.1) is 10.8 Å². The first-order valence-corrected chi connectivity index (χ1v) is 4.84. The predicted molar refractivity (Wildman–Crippen MR) is 68.7 cm³/mol.